The minimum Gasteiger partial charge on any atom is -0.394 e. The highest BCUT2D eigenvalue weighted by atomic mass is 16.3. The predicted octanol–water partition coefficient (Wildman–Crippen LogP) is -1.21. The van der Waals surface area contributed by atoms with Crippen molar-refractivity contribution in [1.82, 2.24) is 13.9 Å². The van der Waals surface area contributed by atoms with Gasteiger partial charge in [0, 0.05) is 0 Å². The van der Waals surface area contributed by atoms with Gasteiger partial charge in [-0.25, -0.2) is 23.5 Å². The molecule has 2 aromatic rings. The molecule has 0 atom stereocenters. The smallest absolute Gasteiger partial charge is 0.351 e. The quantitative estimate of drug-likeness (QED) is 0.709. The van der Waals surface area contributed by atoms with E-state index in [1.165, 1.54) is 0 Å². The summed E-state index contributed by atoms with van der Waals surface area (Å²) in [6.45, 7) is -0.505. The molecular weight excluding hydrogens is 250 g/mol. The number of aromatic nitrogens is 3. The van der Waals surface area contributed by atoms with Crippen LogP contribution in [-0.2, 0) is 13.1 Å². The van der Waals surface area contributed by atoms with Crippen LogP contribution in [0.4, 0.5) is 0 Å². The van der Waals surface area contributed by atoms with Crippen molar-refractivity contribution in [1.29, 1.82) is 0 Å². The molecule has 0 aliphatic carbocycles. The average Bonchev–Trinajstić information content (AvgIpc) is 2.65. The minimum absolute atomic E-state index is 0.00784. The van der Waals surface area contributed by atoms with Crippen LogP contribution in [0.3, 0.4) is 0 Å². The largest absolute Gasteiger partial charge is 0.394 e. The molecule has 7 nitrogen and oxygen atoms in total. The second-order valence-corrected chi connectivity index (χ2v) is 3.93. The van der Waals surface area contributed by atoms with E-state index in [-0.39, 0.29) is 26.3 Å². The molecule has 102 valence electrons. The number of nitrogens with zero attached hydrogens (tertiary/aromatic N) is 3. The summed E-state index contributed by atoms with van der Waals surface area (Å²) in [5.41, 5.74) is -0.599. The van der Waals surface area contributed by atoms with Gasteiger partial charge in [0.2, 0.25) is 0 Å². The van der Waals surface area contributed by atoms with E-state index in [1.807, 2.05) is 0 Å². The SMILES string of the molecule is O=c1n(-c2ccccc2)c(=O)n(CCO)n1CCO. The molecule has 0 radical (unpaired) electrons. The average molecular weight is 265 g/mol. The van der Waals surface area contributed by atoms with Crippen LogP contribution in [0.5, 0.6) is 0 Å². The molecule has 0 unspecified atom stereocenters. The normalized spacial score (nSPS) is 10.8. The predicted molar refractivity (Wildman–Crippen MR) is 68.5 cm³/mol. The van der Waals surface area contributed by atoms with Crippen LogP contribution in [0.1, 0.15) is 0 Å². The van der Waals surface area contributed by atoms with Gasteiger partial charge in [0.25, 0.3) is 0 Å². The zero-order valence-electron chi connectivity index (χ0n) is 10.3. The van der Waals surface area contributed by atoms with Crippen molar-refractivity contribution < 1.29 is 10.2 Å². The van der Waals surface area contributed by atoms with Crippen LogP contribution < -0.4 is 11.4 Å². The first kappa shape index (κ1) is 13.3. The molecule has 0 aliphatic heterocycles. The Balaban J connectivity index is 2.66. The first-order valence-corrected chi connectivity index (χ1v) is 5.90. The van der Waals surface area contributed by atoms with Crippen molar-refractivity contribution in [2.24, 2.45) is 0 Å². The van der Waals surface area contributed by atoms with E-state index >= 15 is 0 Å². The Bertz CT molecular complexity index is 616. The number of rotatable bonds is 5. The van der Waals surface area contributed by atoms with Gasteiger partial charge in [-0.1, -0.05) is 18.2 Å². The van der Waals surface area contributed by atoms with Gasteiger partial charge in [-0.2, -0.15) is 0 Å². The Labute approximate surface area is 108 Å². The third-order valence-corrected chi connectivity index (χ3v) is 2.75. The van der Waals surface area contributed by atoms with E-state index in [2.05, 4.69) is 0 Å². The molecule has 2 N–H and O–H groups in total. The highest BCUT2D eigenvalue weighted by Crippen LogP contribution is 2.00. The Kier molecular flexibility index (Phi) is 3.98. The monoisotopic (exact) mass is 265 g/mol. The summed E-state index contributed by atoms with van der Waals surface area (Å²) < 4.78 is 3.28. The van der Waals surface area contributed by atoms with E-state index in [0.29, 0.717) is 5.69 Å². The summed E-state index contributed by atoms with van der Waals surface area (Å²) >= 11 is 0. The van der Waals surface area contributed by atoms with Gasteiger partial charge in [-0.05, 0) is 12.1 Å². The number of aliphatic hydroxyl groups is 2. The summed E-state index contributed by atoms with van der Waals surface area (Å²) in [5, 5.41) is 17.9. The maximum atomic E-state index is 12.2. The van der Waals surface area contributed by atoms with Crippen LogP contribution >= 0.6 is 0 Å². The molecule has 2 rings (SSSR count). The van der Waals surface area contributed by atoms with Crippen LogP contribution in [0, 0.1) is 0 Å². The van der Waals surface area contributed by atoms with Gasteiger partial charge in [0.05, 0.1) is 32.0 Å². The fourth-order valence-electron chi connectivity index (χ4n) is 1.94. The summed E-state index contributed by atoms with van der Waals surface area (Å²) in [5.74, 6) is 0. The second-order valence-electron chi connectivity index (χ2n) is 3.93. The highest BCUT2D eigenvalue weighted by molar-refractivity contribution is 5.30. The first-order chi connectivity index (χ1) is 9.20. The van der Waals surface area contributed by atoms with E-state index in [9.17, 15) is 9.59 Å². The van der Waals surface area contributed by atoms with E-state index in [1.54, 1.807) is 30.3 Å². The zero-order valence-corrected chi connectivity index (χ0v) is 10.3. The lowest BCUT2D eigenvalue weighted by Crippen LogP contribution is -2.29. The molecule has 0 amide bonds. The van der Waals surface area contributed by atoms with Crippen molar-refractivity contribution in [2.45, 2.75) is 13.1 Å². The van der Waals surface area contributed by atoms with E-state index < -0.39 is 11.4 Å². The third kappa shape index (κ3) is 2.38. The number of aliphatic hydroxyl groups excluding tert-OH is 2. The lowest BCUT2D eigenvalue weighted by atomic mass is 10.3. The Morgan fingerprint density at radius 2 is 1.32 bits per heavy atom. The maximum Gasteiger partial charge on any atom is 0.351 e. The molecule has 0 saturated carbocycles. The molecule has 0 fully saturated rings. The lowest BCUT2D eigenvalue weighted by Gasteiger charge is -2.05. The van der Waals surface area contributed by atoms with Gasteiger partial charge in [-0.3, -0.25) is 0 Å². The molecule has 0 spiro atoms. The minimum atomic E-state index is -0.529. The molecule has 19 heavy (non-hydrogen) atoms. The fourth-order valence-corrected chi connectivity index (χ4v) is 1.94. The second kappa shape index (κ2) is 5.68. The molecule has 1 aromatic carbocycles. The maximum absolute atomic E-state index is 12.2. The molecule has 0 bridgehead atoms. The van der Waals surface area contributed by atoms with Crippen LogP contribution in [0.15, 0.2) is 39.9 Å². The number of para-hydroxylation sites is 1. The molecule has 1 aromatic heterocycles. The van der Waals surface area contributed by atoms with Gasteiger partial charge < -0.3 is 10.2 Å². The summed E-state index contributed by atoms with van der Waals surface area (Å²) in [7, 11) is 0. The number of benzene rings is 1. The summed E-state index contributed by atoms with van der Waals surface area (Å²) in [4.78, 5) is 24.4. The summed E-state index contributed by atoms with van der Waals surface area (Å²) in [6, 6.07) is 8.53. The standard InChI is InChI=1S/C12H15N3O4/c16-8-6-13-11(18)15(10-4-2-1-3-5-10)12(19)14(13)7-9-17/h1-5,16-17H,6-9H2. The zero-order chi connectivity index (χ0) is 13.8. The van der Waals surface area contributed by atoms with Crippen molar-refractivity contribution in [2.75, 3.05) is 13.2 Å². The first-order valence-electron chi connectivity index (χ1n) is 5.90. The van der Waals surface area contributed by atoms with Gasteiger partial charge in [0.1, 0.15) is 0 Å². The van der Waals surface area contributed by atoms with Crippen molar-refractivity contribution >= 4 is 0 Å². The molecule has 0 aliphatic rings. The van der Waals surface area contributed by atoms with Crippen molar-refractivity contribution in [3.63, 3.8) is 0 Å². The molecule has 7 heteroatoms. The summed E-state index contributed by atoms with van der Waals surface area (Å²) in [6.07, 6.45) is 0. The fraction of sp³-hybridized carbons (Fsp3) is 0.333. The number of hydrogen-bond donors (Lipinski definition) is 2. The van der Waals surface area contributed by atoms with E-state index in [4.69, 9.17) is 10.2 Å². The Morgan fingerprint density at radius 1 is 0.842 bits per heavy atom. The van der Waals surface area contributed by atoms with Gasteiger partial charge in [0.15, 0.2) is 0 Å². The van der Waals surface area contributed by atoms with Crippen molar-refractivity contribution in [3.05, 3.63) is 51.3 Å². The number of hydrogen-bond acceptors (Lipinski definition) is 4. The van der Waals surface area contributed by atoms with Crippen LogP contribution in [0.25, 0.3) is 5.69 Å². The van der Waals surface area contributed by atoms with Gasteiger partial charge in [-0.15, -0.1) is 0 Å². The Hall–Kier alpha value is -2.12. The molecule has 0 saturated heterocycles. The molecular formula is C12H15N3O4. The van der Waals surface area contributed by atoms with Crippen LogP contribution in [0.2, 0.25) is 0 Å². The third-order valence-electron chi connectivity index (χ3n) is 2.75. The molecule has 1 heterocycles. The van der Waals surface area contributed by atoms with Gasteiger partial charge >= 0.3 is 11.4 Å². The van der Waals surface area contributed by atoms with Crippen LogP contribution in [-0.4, -0.2) is 37.4 Å². The highest BCUT2D eigenvalue weighted by Gasteiger charge is 2.16. The Morgan fingerprint density at radius 3 is 1.74 bits per heavy atom. The topological polar surface area (TPSA) is 89.4 Å². The lowest BCUT2D eigenvalue weighted by molar-refractivity contribution is 0.226. The van der Waals surface area contributed by atoms with E-state index in [0.717, 1.165) is 13.9 Å². The van der Waals surface area contributed by atoms with Crippen molar-refractivity contribution in [3.8, 4) is 5.69 Å².